The minimum atomic E-state index is -0.247. The normalized spacial score (nSPS) is 38.2. The van der Waals surface area contributed by atoms with Crippen molar-refractivity contribution in [2.45, 2.75) is 25.7 Å². The van der Waals surface area contributed by atoms with Gasteiger partial charge in [-0.1, -0.05) is 12.2 Å². The van der Waals surface area contributed by atoms with Gasteiger partial charge >= 0.3 is 5.97 Å². The summed E-state index contributed by atoms with van der Waals surface area (Å²) in [5.74, 6) is 0.688. The number of hydrogen-bond acceptors (Lipinski definition) is 2. The van der Waals surface area contributed by atoms with Crippen LogP contribution in [-0.4, -0.2) is 13.1 Å². The first-order valence-electron chi connectivity index (χ1n) is 4.55. The van der Waals surface area contributed by atoms with Crippen molar-refractivity contribution in [1.82, 2.24) is 0 Å². The fourth-order valence-electron chi connectivity index (χ4n) is 2.31. The van der Waals surface area contributed by atoms with E-state index < -0.39 is 0 Å². The molecule has 2 bridgehead atoms. The Bertz CT molecular complexity index is 222. The molecule has 0 amide bonds. The zero-order valence-electron chi connectivity index (χ0n) is 7.38. The smallest absolute Gasteiger partial charge is 0.315 e. The van der Waals surface area contributed by atoms with Crippen LogP contribution in [0.25, 0.3) is 0 Å². The van der Waals surface area contributed by atoms with Crippen LogP contribution >= 0.6 is 0 Å². The Morgan fingerprint density at radius 1 is 1.50 bits per heavy atom. The standard InChI is InChI=1S/C10H14O2/c1-12-9(11)10-5-2-8(3-6-10)4-7-10/h2,5,8H,3-4,6-7H2,1H3. The van der Waals surface area contributed by atoms with E-state index in [0.29, 0.717) is 0 Å². The van der Waals surface area contributed by atoms with Gasteiger partial charge < -0.3 is 4.74 Å². The lowest BCUT2D eigenvalue weighted by molar-refractivity contribution is -0.152. The number of hydrogen-bond donors (Lipinski definition) is 0. The molecule has 0 N–H and O–H groups in total. The van der Waals surface area contributed by atoms with Gasteiger partial charge in [0.1, 0.15) is 0 Å². The average molecular weight is 166 g/mol. The highest BCUT2D eigenvalue weighted by atomic mass is 16.5. The fourth-order valence-corrected chi connectivity index (χ4v) is 2.31. The Morgan fingerprint density at radius 3 is 2.58 bits per heavy atom. The van der Waals surface area contributed by atoms with Crippen LogP contribution in [0.4, 0.5) is 0 Å². The topological polar surface area (TPSA) is 26.3 Å². The number of allylic oxidation sites excluding steroid dienone is 1. The first kappa shape index (κ1) is 7.84. The maximum atomic E-state index is 11.5. The van der Waals surface area contributed by atoms with Crippen LogP contribution in [0.3, 0.4) is 0 Å². The summed E-state index contributed by atoms with van der Waals surface area (Å²) in [6.07, 6.45) is 8.54. The molecule has 3 aliphatic carbocycles. The van der Waals surface area contributed by atoms with E-state index >= 15 is 0 Å². The molecule has 1 fully saturated rings. The van der Waals surface area contributed by atoms with Crippen LogP contribution in [0, 0.1) is 11.3 Å². The molecule has 0 atom stereocenters. The lowest BCUT2D eigenvalue weighted by Gasteiger charge is -2.39. The monoisotopic (exact) mass is 166 g/mol. The van der Waals surface area contributed by atoms with Crippen LogP contribution in [0.2, 0.25) is 0 Å². The average Bonchev–Trinajstić information content (AvgIpc) is 2.19. The van der Waals surface area contributed by atoms with E-state index in [1.165, 1.54) is 7.11 Å². The molecule has 0 unspecified atom stereocenters. The highest BCUT2D eigenvalue weighted by Gasteiger charge is 2.43. The number of methoxy groups -OCH3 is 1. The van der Waals surface area contributed by atoms with Gasteiger partial charge in [0.25, 0.3) is 0 Å². The number of rotatable bonds is 1. The zero-order chi connectivity index (χ0) is 8.60. The van der Waals surface area contributed by atoms with Crippen LogP contribution in [-0.2, 0) is 9.53 Å². The highest BCUT2D eigenvalue weighted by molar-refractivity contribution is 5.79. The SMILES string of the molecule is COC(=O)C12C=CC(CC1)CC2. The van der Waals surface area contributed by atoms with E-state index in [1.807, 2.05) is 0 Å². The predicted molar refractivity (Wildman–Crippen MR) is 45.5 cm³/mol. The minimum absolute atomic E-state index is 0.0445. The van der Waals surface area contributed by atoms with Crippen LogP contribution in [0.5, 0.6) is 0 Å². The van der Waals surface area contributed by atoms with Crippen molar-refractivity contribution in [1.29, 1.82) is 0 Å². The first-order valence-corrected chi connectivity index (χ1v) is 4.55. The molecule has 2 nitrogen and oxygen atoms in total. The van der Waals surface area contributed by atoms with Gasteiger partial charge in [0.15, 0.2) is 0 Å². The van der Waals surface area contributed by atoms with Crippen molar-refractivity contribution in [2.75, 3.05) is 7.11 Å². The Hall–Kier alpha value is -0.790. The molecule has 0 aromatic rings. The number of ether oxygens (including phenoxy) is 1. The molecule has 3 aliphatic rings. The Morgan fingerprint density at radius 2 is 2.17 bits per heavy atom. The molecule has 12 heavy (non-hydrogen) atoms. The summed E-state index contributed by atoms with van der Waals surface area (Å²) in [5, 5.41) is 0. The number of carbonyl (C=O) groups is 1. The Labute approximate surface area is 72.6 Å². The quantitative estimate of drug-likeness (QED) is 0.439. The van der Waals surface area contributed by atoms with Gasteiger partial charge in [0.2, 0.25) is 0 Å². The van der Waals surface area contributed by atoms with E-state index in [9.17, 15) is 4.79 Å². The van der Waals surface area contributed by atoms with Crippen molar-refractivity contribution < 1.29 is 9.53 Å². The van der Waals surface area contributed by atoms with Gasteiger partial charge in [-0.2, -0.15) is 0 Å². The van der Waals surface area contributed by atoms with Gasteiger partial charge in [0, 0.05) is 0 Å². The molecule has 66 valence electrons. The Balaban J connectivity index is 2.25. The van der Waals surface area contributed by atoms with E-state index in [0.717, 1.165) is 31.6 Å². The maximum Gasteiger partial charge on any atom is 0.315 e. The summed E-state index contributed by atoms with van der Waals surface area (Å²) in [4.78, 5) is 11.5. The summed E-state index contributed by atoms with van der Waals surface area (Å²) < 4.78 is 4.82. The minimum Gasteiger partial charge on any atom is -0.468 e. The van der Waals surface area contributed by atoms with Gasteiger partial charge in [-0.3, -0.25) is 4.79 Å². The van der Waals surface area contributed by atoms with Gasteiger partial charge in [-0.15, -0.1) is 0 Å². The summed E-state index contributed by atoms with van der Waals surface area (Å²) in [6.45, 7) is 0. The van der Waals surface area contributed by atoms with Crippen molar-refractivity contribution >= 4 is 5.97 Å². The largest absolute Gasteiger partial charge is 0.468 e. The van der Waals surface area contributed by atoms with Crippen molar-refractivity contribution in [3.8, 4) is 0 Å². The number of fused-ring (bicyclic) bond motifs is 2. The van der Waals surface area contributed by atoms with Crippen molar-refractivity contribution in [3.05, 3.63) is 12.2 Å². The number of carbonyl (C=O) groups excluding carboxylic acids is 1. The highest BCUT2D eigenvalue weighted by Crippen LogP contribution is 2.46. The fraction of sp³-hybridized carbons (Fsp3) is 0.700. The molecule has 0 aliphatic heterocycles. The summed E-state index contributed by atoms with van der Waals surface area (Å²) in [5.41, 5.74) is -0.247. The second kappa shape index (κ2) is 2.61. The third kappa shape index (κ3) is 0.977. The van der Waals surface area contributed by atoms with E-state index in [-0.39, 0.29) is 11.4 Å². The van der Waals surface area contributed by atoms with Gasteiger partial charge in [-0.25, -0.2) is 0 Å². The molecule has 0 aromatic carbocycles. The molecule has 2 heteroatoms. The molecular weight excluding hydrogens is 152 g/mol. The number of esters is 1. The van der Waals surface area contributed by atoms with Gasteiger partial charge in [-0.05, 0) is 31.6 Å². The lowest BCUT2D eigenvalue weighted by atomic mass is 9.65. The lowest BCUT2D eigenvalue weighted by Crippen LogP contribution is -2.37. The van der Waals surface area contributed by atoms with Crippen LogP contribution < -0.4 is 0 Å². The summed E-state index contributed by atoms with van der Waals surface area (Å²) in [6, 6.07) is 0. The van der Waals surface area contributed by atoms with Crippen molar-refractivity contribution in [2.24, 2.45) is 11.3 Å². The van der Waals surface area contributed by atoms with E-state index in [2.05, 4.69) is 12.2 Å². The Kier molecular flexibility index (Phi) is 1.71. The molecule has 0 saturated heterocycles. The molecule has 0 heterocycles. The zero-order valence-corrected chi connectivity index (χ0v) is 7.38. The van der Waals surface area contributed by atoms with E-state index in [4.69, 9.17) is 4.74 Å². The van der Waals surface area contributed by atoms with Crippen molar-refractivity contribution in [3.63, 3.8) is 0 Å². The van der Waals surface area contributed by atoms with Crippen LogP contribution in [0.15, 0.2) is 12.2 Å². The van der Waals surface area contributed by atoms with Gasteiger partial charge in [0.05, 0.1) is 12.5 Å². The molecule has 0 spiro atoms. The predicted octanol–water partition coefficient (Wildman–Crippen LogP) is 1.91. The molecule has 0 radical (unpaired) electrons. The third-order valence-corrected chi connectivity index (χ3v) is 3.20. The summed E-state index contributed by atoms with van der Waals surface area (Å²) >= 11 is 0. The molecular formula is C10H14O2. The molecule has 3 rings (SSSR count). The third-order valence-electron chi connectivity index (χ3n) is 3.20. The summed E-state index contributed by atoms with van der Waals surface area (Å²) in [7, 11) is 1.48. The maximum absolute atomic E-state index is 11.5. The molecule has 0 aromatic heterocycles. The first-order chi connectivity index (χ1) is 5.77. The second-order valence-corrected chi connectivity index (χ2v) is 3.84. The van der Waals surface area contributed by atoms with Crippen LogP contribution in [0.1, 0.15) is 25.7 Å². The van der Waals surface area contributed by atoms with E-state index in [1.54, 1.807) is 0 Å². The molecule has 1 saturated carbocycles. The second-order valence-electron chi connectivity index (χ2n) is 3.84.